The van der Waals surface area contributed by atoms with Crippen molar-refractivity contribution in [3.05, 3.63) is 39.0 Å². The third-order valence-corrected chi connectivity index (χ3v) is 3.43. The Morgan fingerprint density at radius 2 is 2.35 bits per heavy atom. The van der Waals surface area contributed by atoms with Crippen LogP contribution in [0.4, 0.5) is 0 Å². The van der Waals surface area contributed by atoms with Crippen LogP contribution in [0.3, 0.4) is 0 Å². The Bertz CT molecular complexity index is 539. The molecule has 17 heavy (non-hydrogen) atoms. The minimum Gasteiger partial charge on any atom is -0.327 e. The smallest absolute Gasteiger partial charge is 0.304 e. The Morgan fingerprint density at radius 3 is 2.94 bits per heavy atom. The van der Waals surface area contributed by atoms with Crippen molar-refractivity contribution in [3.63, 3.8) is 0 Å². The second-order valence-corrected chi connectivity index (χ2v) is 5.23. The van der Waals surface area contributed by atoms with Gasteiger partial charge in [0.15, 0.2) is 0 Å². The van der Waals surface area contributed by atoms with E-state index in [9.17, 15) is 4.79 Å². The number of hydrogen-bond donors (Lipinski definition) is 2. The number of nitrogens with two attached hydrogens (primary N) is 1. The number of aromatic nitrogens is 3. The quantitative estimate of drug-likeness (QED) is 0.862. The van der Waals surface area contributed by atoms with E-state index in [1.54, 1.807) is 12.5 Å². The molecule has 0 spiro atoms. The van der Waals surface area contributed by atoms with E-state index in [0.29, 0.717) is 12.5 Å². The summed E-state index contributed by atoms with van der Waals surface area (Å²) in [6, 6.07) is -0.0390. The van der Waals surface area contributed by atoms with Crippen LogP contribution in [0.2, 0.25) is 0 Å². The number of H-pyrrole nitrogens is 1. The summed E-state index contributed by atoms with van der Waals surface area (Å²) in [5.74, 6) is 0.354. The lowest BCUT2D eigenvalue weighted by Gasteiger charge is -2.17. The normalized spacial score (nSPS) is 13.2. The zero-order chi connectivity index (χ0) is 12.4. The van der Waals surface area contributed by atoms with Crippen molar-refractivity contribution >= 4 is 11.3 Å². The molecule has 0 fully saturated rings. The molecular weight excluding hydrogens is 236 g/mol. The number of nitrogens with one attached hydrogen (secondary N) is 1. The molecule has 0 aliphatic carbocycles. The molecule has 1 unspecified atom stereocenters. The molecule has 6 heteroatoms. The highest BCUT2D eigenvalue weighted by atomic mass is 32.1. The van der Waals surface area contributed by atoms with Crippen molar-refractivity contribution in [1.82, 2.24) is 14.5 Å². The average Bonchev–Trinajstić information content (AvgIpc) is 2.87. The molecule has 0 aliphatic heterocycles. The van der Waals surface area contributed by atoms with Crippen LogP contribution in [-0.2, 0) is 6.54 Å². The fourth-order valence-electron chi connectivity index (χ4n) is 1.66. The number of rotatable bonds is 4. The van der Waals surface area contributed by atoms with Gasteiger partial charge in [0.25, 0.3) is 0 Å². The average molecular weight is 252 g/mol. The van der Waals surface area contributed by atoms with Crippen molar-refractivity contribution in [3.8, 4) is 0 Å². The van der Waals surface area contributed by atoms with Crippen LogP contribution >= 0.6 is 11.3 Å². The third-order valence-electron chi connectivity index (χ3n) is 2.72. The van der Waals surface area contributed by atoms with Gasteiger partial charge in [-0.05, 0) is 5.92 Å². The van der Waals surface area contributed by atoms with E-state index in [1.165, 1.54) is 11.3 Å². The first-order chi connectivity index (χ1) is 8.08. The van der Waals surface area contributed by atoms with E-state index < -0.39 is 0 Å². The summed E-state index contributed by atoms with van der Waals surface area (Å²) < 4.78 is 1.97. The molecular formula is C11H16N4OS. The van der Waals surface area contributed by atoms with Crippen LogP contribution in [0.15, 0.2) is 22.7 Å². The van der Waals surface area contributed by atoms with Gasteiger partial charge in [-0.3, -0.25) is 4.79 Å². The number of thiazole rings is 1. The van der Waals surface area contributed by atoms with Gasteiger partial charge in [-0.25, -0.2) is 4.98 Å². The molecule has 1 atom stereocenters. The second kappa shape index (κ2) is 4.85. The Balaban J connectivity index is 2.22. The molecule has 0 aliphatic rings. The first kappa shape index (κ1) is 12.1. The van der Waals surface area contributed by atoms with Gasteiger partial charge in [0.1, 0.15) is 0 Å². The third kappa shape index (κ3) is 2.65. The predicted molar refractivity (Wildman–Crippen MR) is 68.0 cm³/mol. The molecule has 2 aromatic heterocycles. The van der Waals surface area contributed by atoms with E-state index in [1.807, 2.05) is 9.95 Å². The minimum absolute atomic E-state index is 0.0326. The summed E-state index contributed by atoms with van der Waals surface area (Å²) in [5, 5.41) is 1.83. The highest BCUT2D eigenvalue weighted by molar-refractivity contribution is 7.07. The summed E-state index contributed by atoms with van der Waals surface area (Å²) >= 11 is 1.17. The van der Waals surface area contributed by atoms with Crippen molar-refractivity contribution in [2.45, 2.75) is 26.4 Å². The molecule has 3 N–H and O–H groups in total. The standard InChI is InChI=1S/C11H16N4OS/c1-7(2)10(12)9-3-13-6-15(9)4-8-5-17-11(16)14-8/h3,5-7,10H,4,12H2,1-2H3,(H,14,16). The lowest BCUT2D eigenvalue weighted by Crippen LogP contribution is -2.20. The molecule has 0 bridgehead atoms. The molecule has 2 rings (SSSR count). The fourth-order valence-corrected chi connectivity index (χ4v) is 2.23. The van der Waals surface area contributed by atoms with Crippen LogP contribution in [0, 0.1) is 5.92 Å². The maximum Gasteiger partial charge on any atom is 0.304 e. The summed E-state index contributed by atoms with van der Waals surface area (Å²) in [4.78, 5) is 17.9. The van der Waals surface area contributed by atoms with Crippen molar-refractivity contribution in [2.75, 3.05) is 0 Å². The number of imidazole rings is 1. The van der Waals surface area contributed by atoms with Crippen LogP contribution in [-0.4, -0.2) is 14.5 Å². The lowest BCUT2D eigenvalue weighted by molar-refractivity contribution is 0.484. The Morgan fingerprint density at radius 1 is 1.59 bits per heavy atom. The topological polar surface area (TPSA) is 76.7 Å². The number of nitrogens with zero attached hydrogens (tertiary/aromatic N) is 2. The van der Waals surface area contributed by atoms with Gasteiger partial charge in [-0.1, -0.05) is 25.2 Å². The molecule has 5 nitrogen and oxygen atoms in total. The maximum absolute atomic E-state index is 11.1. The molecule has 2 heterocycles. The molecule has 0 saturated heterocycles. The van der Waals surface area contributed by atoms with Gasteiger partial charge in [-0.15, -0.1) is 0 Å². The minimum atomic E-state index is -0.0390. The summed E-state index contributed by atoms with van der Waals surface area (Å²) in [6.45, 7) is 4.76. The van der Waals surface area contributed by atoms with Crippen LogP contribution in [0.1, 0.15) is 31.3 Å². The van der Waals surface area contributed by atoms with Crippen molar-refractivity contribution in [1.29, 1.82) is 0 Å². The number of aromatic amines is 1. The maximum atomic E-state index is 11.1. The van der Waals surface area contributed by atoms with E-state index in [-0.39, 0.29) is 10.9 Å². The van der Waals surface area contributed by atoms with Crippen LogP contribution in [0.25, 0.3) is 0 Å². The Labute approximate surface area is 103 Å². The Hall–Kier alpha value is -1.40. The van der Waals surface area contributed by atoms with Gasteiger partial charge in [0, 0.05) is 23.3 Å². The zero-order valence-electron chi connectivity index (χ0n) is 9.88. The van der Waals surface area contributed by atoms with Crippen molar-refractivity contribution in [2.24, 2.45) is 11.7 Å². The molecule has 0 amide bonds. The summed E-state index contributed by atoms with van der Waals surface area (Å²) in [5.41, 5.74) is 7.99. The first-order valence-corrected chi connectivity index (χ1v) is 6.38. The number of hydrogen-bond acceptors (Lipinski definition) is 4. The van der Waals surface area contributed by atoms with Gasteiger partial charge in [0.2, 0.25) is 0 Å². The predicted octanol–water partition coefficient (Wildman–Crippen LogP) is 1.34. The van der Waals surface area contributed by atoms with Gasteiger partial charge < -0.3 is 15.3 Å². The second-order valence-electron chi connectivity index (χ2n) is 4.39. The molecule has 0 saturated carbocycles. The molecule has 2 aromatic rings. The van der Waals surface area contributed by atoms with Crippen molar-refractivity contribution < 1.29 is 0 Å². The monoisotopic (exact) mass is 252 g/mol. The zero-order valence-corrected chi connectivity index (χ0v) is 10.7. The summed E-state index contributed by atoms with van der Waals surface area (Å²) in [6.07, 6.45) is 3.53. The molecule has 0 aromatic carbocycles. The highest BCUT2D eigenvalue weighted by Crippen LogP contribution is 2.18. The summed E-state index contributed by atoms with van der Waals surface area (Å²) in [7, 11) is 0. The van der Waals surface area contributed by atoms with E-state index >= 15 is 0 Å². The largest absolute Gasteiger partial charge is 0.327 e. The van der Waals surface area contributed by atoms with Gasteiger partial charge in [0.05, 0.1) is 18.6 Å². The Kier molecular flexibility index (Phi) is 3.44. The van der Waals surface area contributed by atoms with Gasteiger partial charge >= 0.3 is 4.87 Å². The van der Waals surface area contributed by atoms with Crippen LogP contribution < -0.4 is 10.6 Å². The molecule has 92 valence electrons. The lowest BCUT2D eigenvalue weighted by atomic mass is 10.0. The SMILES string of the molecule is CC(C)C(N)c1cncn1Cc1csc(=O)[nH]1. The van der Waals surface area contributed by atoms with Gasteiger partial charge in [-0.2, -0.15) is 0 Å². The van der Waals surface area contributed by atoms with E-state index in [4.69, 9.17) is 5.73 Å². The van der Waals surface area contributed by atoms with E-state index in [2.05, 4.69) is 23.8 Å². The first-order valence-electron chi connectivity index (χ1n) is 5.50. The van der Waals surface area contributed by atoms with E-state index in [0.717, 1.165) is 11.4 Å². The highest BCUT2D eigenvalue weighted by Gasteiger charge is 2.15. The van der Waals surface area contributed by atoms with Crippen LogP contribution in [0.5, 0.6) is 0 Å². The molecule has 0 radical (unpaired) electrons. The fraction of sp³-hybridized carbons (Fsp3) is 0.455.